The Bertz CT molecular complexity index is 586. The molecule has 144 valence electrons. The molecule has 1 aliphatic carbocycles. The van der Waals surface area contributed by atoms with E-state index in [1.54, 1.807) is 26.4 Å². The molecule has 0 amide bonds. The Morgan fingerprint density at radius 3 is 2.23 bits per heavy atom. The van der Waals surface area contributed by atoms with Crippen molar-refractivity contribution in [1.29, 1.82) is 0 Å². The first-order chi connectivity index (χ1) is 12.6. The highest BCUT2D eigenvalue weighted by atomic mass is 31.1. The van der Waals surface area contributed by atoms with E-state index in [1.165, 1.54) is 0 Å². The van der Waals surface area contributed by atoms with Gasteiger partial charge in [0, 0.05) is 5.41 Å². The highest BCUT2D eigenvalue weighted by Crippen LogP contribution is 2.50. The number of hydrogen-bond acceptors (Lipinski definition) is 4. The van der Waals surface area contributed by atoms with Gasteiger partial charge in [0.05, 0.1) is 19.9 Å². The van der Waals surface area contributed by atoms with Gasteiger partial charge in [-0.3, -0.25) is 9.36 Å². The van der Waals surface area contributed by atoms with Crippen LogP contribution < -0.4 is 9.47 Å². The van der Waals surface area contributed by atoms with E-state index in [4.69, 9.17) is 9.47 Å². The number of ketones is 1. The van der Waals surface area contributed by atoms with Gasteiger partial charge in [0.2, 0.25) is 0 Å². The van der Waals surface area contributed by atoms with Gasteiger partial charge >= 0.3 is 0 Å². The second-order valence-electron chi connectivity index (χ2n) is 7.20. The van der Waals surface area contributed by atoms with Crippen LogP contribution in [0.4, 0.5) is 0 Å². The third-order valence-corrected chi connectivity index (χ3v) is 6.71. The lowest BCUT2D eigenvalue weighted by molar-refractivity contribution is 0.0687. The molecule has 0 bridgehead atoms. The summed E-state index contributed by atoms with van der Waals surface area (Å²) in [6.45, 7) is 2.16. The molecule has 0 aromatic heterocycles. The average Bonchev–Trinajstić information content (AvgIpc) is 2.70. The standard InChI is InChI=1S/C21H31O4P/c1-4-5-7-13-18(26-23)21(14-8-6-9-15-21)20(22)19-16(24-2)11-10-12-17(19)25-3/h10-12,18H,4-9,13-15H2,1-3H3. The molecule has 1 unspecified atom stereocenters. The Kier molecular flexibility index (Phi) is 8.09. The highest BCUT2D eigenvalue weighted by molar-refractivity contribution is 7.24. The predicted octanol–water partition coefficient (Wildman–Crippen LogP) is 6.08. The largest absolute Gasteiger partial charge is 0.496 e. The fourth-order valence-electron chi connectivity index (χ4n) is 4.24. The zero-order chi connectivity index (χ0) is 19.0. The summed E-state index contributed by atoms with van der Waals surface area (Å²) in [6.07, 6.45) is 8.77. The smallest absolute Gasteiger partial charge is 0.177 e. The summed E-state index contributed by atoms with van der Waals surface area (Å²) in [7, 11) is 3.23. The molecule has 2 rings (SSSR count). The second-order valence-corrected chi connectivity index (χ2v) is 8.03. The van der Waals surface area contributed by atoms with Gasteiger partial charge in [0.25, 0.3) is 0 Å². The summed E-state index contributed by atoms with van der Waals surface area (Å²) >= 11 is 0. The summed E-state index contributed by atoms with van der Waals surface area (Å²) in [5, 5.41) is 0. The minimum absolute atomic E-state index is 0.0383. The lowest BCUT2D eigenvalue weighted by Gasteiger charge is -2.40. The molecule has 1 aromatic carbocycles. The van der Waals surface area contributed by atoms with Crippen LogP contribution in [0.15, 0.2) is 18.2 Å². The number of methoxy groups -OCH3 is 2. The lowest BCUT2D eigenvalue weighted by Crippen LogP contribution is -2.42. The van der Waals surface area contributed by atoms with E-state index >= 15 is 0 Å². The molecule has 0 N–H and O–H groups in total. The quantitative estimate of drug-likeness (QED) is 0.281. The molecule has 0 aliphatic heterocycles. The Balaban J connectivity index is 2.46. The van der Waals surface area contributed by atoms with Gasteiger partial charge in [0.1, 0.15) is 17.1 Å². The minimum atomic E-state index is -0.586. The third kappa shape index (κ3) is 4.28. The third-order valence-electron chi connectivity index (χ3n) is 5.70. The molecule has 0 heterocycles. The molecule has 0 radical (unpaired) electrons. The van der Waals surface area contributed by atoms with Crippen molar-refractivity contribution >= 4 is 14.2 Å². The maximum absolute atomic E-state index is 13.8. The average molecular weight is 378 g/mol. The first kappa shape index (κ1) is 20.9. The van der Waals surface area contributed by atoms with Crippen LogP contribution in [0.1, 0.15) is 75.1 Å². The predicted molar refractivity (Wildman–Crippen MR) is 105 cm³/mol. The molecule has 1 aliphatic rings. The molecule has 0 saturated heterocycles. The molecule has 1 saturated carbocycles. The molecular weight excluding hydrogens is 347 g/mol. The maximum atomic E-state index is 13.8. The molecule has 5 heteroatoms. The molecule has 26 heavy (non-hydrogen) atoms. The van der Waals surface area contributed by atoms with Crippen molar-refractivity contribution in [2.45, 2.75) is 70.4 Å². The first-order valence-electron chi connectivity index (χ1n) is 9.72. The van der Waals surface area contributed by atoms with Gasteiger partial charge in [-0.25, -0.2) is 0 Å². The van der Waals surface area contributed by atoms with E-state index in [2.05, 4.69) is 6.92 Å². The maximum Gasteiger partial charge on any atom is 0.177 e. The van der Waals surface area contributed by atoms with Gasteiger partial charge in [-0.1, -0.05) is 51.5 Å². The van der Waals surface area contributed by atoms with Crippen molar-refractivity contribution in [3.8, 4) is 11.5 Å². The van der Waals surface area contributed by atoms with Crippen LogP contribution in [-0.2, 0) is 4.57 Å². The van der Waals surface area contributed by atoms with E-state index < -0.39 is 5.41 Å². The zero-order valence-corrected chi connectivity index (χ0v) is 17.1. The van der Waals surface area contributed by atoms with Crippen LogP contribution in [0.25, 0.3) is 0 Å². The number of carbonyl (C=O) groups excluding carboxylic acids is 1. The summed E-state index contributed by atoms with van der Waals surface area (Å²) < 4.78 is 23.1. The van der Waals surface area contributed by atoms with Gasteiger partial charge in [-0.2, -0.15) is 0 Å². The van der Waals surface area contributed by atoms with Gasteiger partial charge in [-0.05, 0) is 31.4 Å². The lowest BCUT2D eigenvalue weighted by atomic mass is 9.66. The second kappa shape index (κ2) is 10.1. The monoisotopic (exact) mass is 378 g/mol. The van der Waals surface area contributed by atoms with Crippen LogP contribution in [0.5, 0.6) is 11.5 Å². The number of hydrogen-bond donors (Lipinski definition) is 0. The number of unbranched alkanes of at least 4 members (excludes halogenated alkanes) is 2. The highest BCUT2D eigenvalue weighted by Gasteiger charge is 2.48. The fraction of sp³-hybridized carbons (Fsp3) is 0.667. The van der Waals surface area contributed by atoms with Gasteiger partial charge in [-0.15, -0.1) is 0 Å². The number of rotatable bonds is 10. The van der Waals surface area contributed by atoms with Gasteiger partial charge < -0.3 is 9.47 Å². The number of carbonyl (C=O) groups is 1. The van der Waals surface area contributed by atoms with Crippen molar-refractivity contribution < 1.29 is 18.8 Å². The van der Waals surface area contributed by atoms with Crippen molar-refractivity contribution in [2.75, 3.05) is 14.2 Å². The first-order valence-corrected chi connectivity index (χ1v) is 10.6. The normalized spacial score (nSPS) is 17.7. The van der Waals surface area contributed by atoms with E-state index in [9.17, 15) is 9.36 Å². The van der Waals surface area contributed by atoms with Crippen molar-refractivity contribution in [3.63, 3.8) is 0 Å². The van der Waals surface area contributed by atoms with Crippen molar-refractivity contribution in [2.24, 2.45) is 5.41 Å². The topological polar surface area (TPSA) is 52.6 Å². The Labute approximate surface area is 158 Å². The number of benzene rings is 1. The summed E-state index contributed by atoms with van der Waals surface area (Å²) in [6, 6.07) is 5.42. The van der Waals surface area contributed by atoms with E-state index in [1.807, 2.05) is 6.07 Å². The zero-order valence-electron chi connectivity index (χ0n) is 16.3. The van der Waals surface area contributed by atoms with E-state index in [-0.39, 0.29) is 19.9 Å². The van der Waals surface area contributed by atoms with Crippen LogP contribution in [0, 0.1) is 5.41 Å². The summed E-state index contributed by atoms with van der Waals surface area (Å²) in [5.41, 5.74) is -0.225. The molecule has 1 aromatic rings. The summed E-state index contributed by atoms with van der Waals surface area (Å²) in [4.78, 5) is 13.8. The molecule has 0 spiro atoms. The summed E-state index contributed by atoms with van der Waals surface area (Å²) in [5.74, 6) is 1.11. The fourth-order valence-corrected chi connectivity index (χ4v) is 5.10. The van der Waals surface area contributed by atoms with Crippen molar-refractivity contribution in [3.05, 3.63) is 23.8 Å². The Hall–Kier alpha value is -1.41. The van der Waals surface area contributed by atoms with Crippen LogP contribution in [-0.4, -0.2) is 25.7 Å². The van der Waals surface area contributed by atoms with Crippen molar-refractivity contribution in [1.82, 2.24) is 0 Å². The van der Waals surface area contributed by atoms with Crippen LogP contribution in [0.2, 0.25) is 0 Å². The van der Waals surface area contributed by atoms with Crippen LogP contribution in [0.3, 0.4) is 0 Å². The Morgan fingerprint density at radius 2 is 1.73 bits per heavy atom. The number of ether oxygens (including phenoxy) is 2. The molecule has 1 fully saturated rings. The van der Waals surface area contributed by atoms with Crippen LogP contribution >= 0.6 is 8.46 Å². The SMILES string of the molecule is CCCCCC(P=O)C1(C(=O)c2c(OC)cccc2OC)CCCCC1. The number of Topliss-reactive ketones (excluding diaryl/α,β-unsaturated/α-hetero) is 1. The molecule has 1 atom stereocenters. The Morgan fingerprint density at radius 1 is 1.12 bits per heavy atom. The minimum Gasteiger partial charge on any atom is -0.496 e. The van der Waals surface area contributed by atoms with E-state index in [0.717, 1.165) is 57.8 Å². The molecular formula is C21H31O4P. The van der Waals surface area contributed by atoms with Gasteiger partial charge in [0.15, 0.2) is 14.2 Å². The molecule has 4 nitrogen and oxygen atoms in total. The van der Waals surface area contributed by atoms with E-state index in [0.29, 0.717) is 17.1 Å².